The number of nitrogens with zero attached hydrogens (tertiary/aromatic N) is 1. The van der Waals surface area contributed by atoms with Crippen molar-refractivity contribution in [3.05, 3.63) is 0 Å². The van der Waals surface area contributed by atoms with E-state index in [0.717, 1.165) is 45.5 Å². The van der Waals surface area contributed by atoms with E-state index in [-0.39, 0.29) is 23.9 Å². The lowest BCUT2D eigenvalue weighted by atomic mass is 9.67. The van der Waals surface area contributed by atoms with Crippen molar-refractivity contribution in [1.82, 2.24) is 10.2 Å². The molecule has 0 bridgehead atoms. The van der Waals surface area contributed by atoms with Gasteiger partial charge in [-0.2, -0.15) is 0 Å². The Balaban J connectivity index is 0.00000147. The highest BCUT2D eigenvalue weighted by atomic mass is 35.5. The molecule has 2 aliphatic heterocycles. The normalized spacial score (nSPS) is 36.2. The van der Waals surface area contributed by atoms with Gasteiger partial charge in [0.15, 0.2) is 0 Å². The molecule has 4 nitrogen and oxygen atoms in total. The van der Waals surface area contributed by atoms with E-state index in [0.29, 0.717) is 11.8 Å². The molecule has 3 atom stereocenters. The zero-order valence-electron chi connectivity index (χ0n) is 12.4. The van der Waals surface area contributed by atoms with Crippen LogP contribution in [0.1, 0.15) is 38.5 Å². The summed E-state index contributed by atoms with van der Waals surface area (Å²) >= 11 is 0. The number of likely N-dealkylation sites (N-methyl/N-ethyl adjacent to an activating group) is 1. The molecule has 2 saturated heterocycles. The van der Waals surface area contributed by atoms with Crippen LogP contribution < -0.4 is 5.32 Å². The Morgan fingerprint density at radius 1 is 1.35 bits per heavy atom. The van der Waals surface area contributed by atoms with Crippen molar-refractivity contribution in [1.29, 1.82) is 0 Å². The molecule has 3 aliphatic rings. The number of halogens is 1. The van der Waals surface area contributed by atoms with Gasteiger partial charge < -0.3 is 15.0 Å². The van der Waals surface area contributed by atoms with E-state index in [1.165, 1.54) is 19.3 Å². The third-order valence-electron chi connectivity index (χ3n) is 5.31. The molecular weight excluding hydrogens is 276 g/mol. The maximum absolute atomic E-state index is 12.9. The fourth-order valence-electron chi connectivity index (χ4n) is 4.23. The van der Waals surface area contributed by atoms with Gasteiger partial charge in [-0.05, 0) is 38.1 Å². The quantitative estimate of drug-likeness (QED) is 0.865. The minimum atomic E-state index is -0.106. The van der Waals surface area contributed by atoms with Gasteiger partial charge in [-0.15, -0.1) is 12.4 Å². The SMILES string of the molecule is CN(CC1CCCO1)C(=O)[C@@]12CCCC[C@H]1CNC2.Cl. The highest BCUT2D eigenvalue weighted by molar-refractivity contribution is 5.85. The van der Waals surface area contributed by atoms with E-state index >= 15 is 0 Å². The second-order valence-corrected chi connectivity index (χ2v) is 6.55. The monoisotopic (exact) mass is 302 g/mol. The summed E-state index contributed by atoms with van der Waals surface area (Å²) in [5.41, 5.74) is -0.106. The predicted molar refractivity (Wildman–Crippen MR) is 81.1 cm³/mol. The van der Waals surface area contributed by atoms with Gasteiger partial charge in [0.2, 0.25) is 5.91 Å². The number of hydrogen-bond acceptors (Lipinski definition) is 3. The zero-order valence-corrected chi connectivity index (χ0v) is 13.2. The van der Waals surface area contributed by atoms with Crippen LogP contribution >= 0.6 is 12.4 Å². The Bertz CT molecular complexity index is 347. The van der Waals surface area contributed by atoms with Gasteiger partial charge in [-0.1, -0.05) is 12.8 Å². The summed E-state index contributed by atoms with van der Waals surface area (Å²) < 4.78 is 5.66. The third-order valence-corrected chi connectivity index (χ3v) is 5.31. The van der Waals surface area contributed by atoms with E-state index in [9.17, 15) is 4.79 Å². The Labute approximate surface area is 128 Å². The second kappa shape index (κ2) is 6.63. The van der Waals surface area contributed by atoms with Crippen LogP contribution in [-0.2, 0) is 9.53 Å². The van der Waals surface area contributed by atoms with E-state index in [1.54, 1.807) is 0 Å². The van der Waals surface area contributed by atoms with Crippen molar-refractivity contribution in [3.8, 4) is 0 Å². The van der Waals surface area contributed by atoms with Gasteiger partial charge in [0.25, 0.3) is 0 Å². The molecule has 0 aromatic heterocycles. The maximum atomic E-state index is 12.9. The number of carbonyl (C=O) groups is 1. The number of hydrogen-bond donors (Lipinski definition) is 1. The molecule has 1 amide bonds. The number of carbonyl (C=O) groups excluding carboxylic acids is 1. The fraction of sp³-hybridized carbons (Fsp3) is 0.933. The van der Waals surface area contributed by atoms with Crippen LogP contribution in [0.5, 0.6) is 0 Å². The maximum Gasteiger partial charge on any atom is 0.230 e. The Hall–Kier alpha value is -0.320. The molecule has 116 valence electrons. The molecule has 5 heteroatoms. The highest BCUT2D eigenvalue weighted by Gasteiger charge is 2.51. The largest absolute Gasteiger partial charge is 0.376 e. The Kier molecular flexibility index (Phi) is 5.32. The van der Waals surface area contributed by atoms with Gasteiger partial charge in [0.1, 0.15) is 0 Å². The molecule has 0 spiro atoms. The van der Waals surface area contributed by atoms with Crippen LogP contribution in [0.15, 0.2) is 0 Å². The number of rotatable bonds is 3. The smallest absolute Gasteiger partial charge is 0.230 e. The van der Waals surface area contributed by atoms with E-state index in [4.69, 9.17) is 4.74 Å². The molecule has 20 heavy (non-hydrogen) atoms. The van der Waals surface area contributed by atoms with Crippen LogP contribution in [0, 0.1) is 11.3 Å². The molecule has 1 saturated carbocycles. The Morgan fingerprint density at radius 2 is 2.20 bits per heavy atom. The average Bonchev–Trinajstić information content (AvgIpc) is 3.06. The second-order valence-electron chi connectivity index (χ2n) is 6.55. The average molecular weight is 303 g/mol. The van der Waals surface area contributed by atoms with Crippen molar-refractivity contribution in [3.63, 3.8) is 0 Å². The lowest BCUT2D eigenvalue weighted by Gasteiger charge is -2.40. The van der Waals surface area contributed by atoms with Crippen LogP contribution in [0.25, 0.3) is 0 Å². The minimum Gasteiger partial charge on any atom is -0.376 e. The van der Waals surface area contributed by atoms with E-state index < -0.39 is 0 Å². The summed E-state index contributed by atoms with van der Waals surface area (Å²) in [6, 6.07) is 0. The van der Waals surface area contributed by atoms with Crippen LogP contribution in [0.2, 0.25) is 0 Å². The molecule has 1 N–H and O–H groups in total. The van der Waals surface area contributed by atoms with Gasteiger partial charge in [0, 0.05) is 26.7 Å². The number of amides is 1. The number of nitrogens with one attached hydrogen (secondary N) is 1. The lowest BCUT2D eigenvalue weighted by Crippen LogP contribution is -2.50. The molecule has 1 unspecified atom stereocenters. The van der Waals surface area contributed by atoms with Crippen LogP contribution in [0.3, 0.4) is 0 Å². The first-order valence-corrected chi connectivity index (χ1v) is 7.80. The van der Waals surface area contributed by atoms with Crippen molar-refractivity contribution in [2.45, 2.75) is 44.6 Å². The van der Waals surface area contributed by atoms with E-state index in [1.807, 2.05) is 11.9 Å². The molecule has 1 aliphatic carbocycles. The summed E-state index contributed by atoms with van der Waals surface area (Å²) in [7, 11) is 1.96. The summed E-state index contributed by atoms with van der Waals surface area (Å²) in [6.07, 6.45) is 7.29. The molecular formula is C15H27ClN2O2. The minimum absolute atomic E-state index is 0. The van der Waals surface area contributed by atoms with Crippen LogP contribution in [0.4, 0.5) is 0 Å². The predicted octanol–water partition coefficient (Wildman–Crippen LogP) is 1.83. The lowest BCUT2D eigenvalue weighted by molar-refractivity contribution is -0.145. The molecule has 2 heterocycles. The van der Waals surface area contributed by atoms with Gasteiger partial charge in [-0.25, -0.2) is 0 Å². The zero-order chi connectivity index (χ0) is 13.3. The van der Waals surface area contributed by atoms with Crippen LogP contribution in [-0.4, -0.2) is 50.2 Å². The summed E-state index contributed by atoms with van der Waals surface area (Å²) in [5.74, 6) is 0.915. The summed E-state index contributed by atoms with van der Waals surface area (Å²) in [4.78, 5) is 14.9. The molecule has 0 aromatic rings. The molecule has 3 rings (SSSR count). The fourth-order valence-corrected chi connectivity index (χ4v) is 4.23. The van der Waals surface area contributed by atoms with Crippen molar-refractivity contribution in [2.75, 3.05) is 33.3 Å². The van der Waals surface area contributed by atoms with E-state index in [2.05, 4.69) is 5.32 Å². The first kappa shape index (κ1) is 16.1. The highest BCUT2D eigenvalue weighted by Crippen LogP contribution is 2.44. The van der Waals surface area contributed by atoms with Crippen molar-refractivity contribution in [2.24, 2.45) is 11.3 Å². The first-order chi connectivity index (χ1) is 9.22. The van der Waals surface area contributed by atoms with Crippen molar-refractivity contribution >= 4 is 18.3 Å². The summed E-state index contributed by atoms with van der Waals surface area (Å²) in [6.45, 7) is 3.54. The van der Waals surface area contributed by atoms with Gasteiger partial charge in [0.05, 0.1) is 11.5 Å². The topological polar surface area (TPSA) is 41.6 Å². The molecule has 0 radical (unpaired) electrons. The summed E-state index contributed by atoms with van der Waals surface area (Å²) in [5, 5.41) is 3.46. The number of fused-ring (bicyclic) bond motifs is 1. The molecule has 3 fully saturated rings. The first-order valence-electron chi connectivity index (χ1n) is 7.80. The third kappa shape index (κ3) is 2.83. The van der Waals surface area contributed by atoms with Gasteiger partial charge >= 0.3 is 0 Å². The standard InChI is InChI=1S/C15H26N2O2.ClH/c1-17(10-13-6-4-8-19-13)14(18)15-7-3-2-5-12(15)9-16-11-15;/h12-13,16H,2-11H2,1H3;1H/t12-,13?,15+;/m0./s1. The molecule has 0 aromatic carbocycles. The number of ether oxygens (including phenoxy) is 1. The Morgan fingerprint density at radius 3 is 2.95 bits per heavy atom. The van der Waals surface area contributed by atoms with Crippen molar-refractivity contribution < 1.29 is 9.53 Å². The van der Waals surface area contributed by atoms with Gasteiger partial charge in [-0.3, -0.25) is 4.79 Å².